The molecule has 4 rings (SSSR count). The first kappa shape index (κ1) is 23.4. The van der Waals surface area contributed by atoms with Crippen LogP contribution in [-0.2, 0) is 10.3 Å². The van der Waals surface area contributed by atoms with E-state index in [-0.39, 0.29) is 10.9 Å². The van der Waals surface area contributed by atoms with Crippen molar-refractivity contribution in [3.8, 4) is 11.4 Å². The molecule has 11 heteroatoms. The van der Waals surface area contributed by atoms with E-state index >= 15 is 0 Å². The number of aromatic nitrogens is 2. The number of amides is 3. The van der Waals surface area contributed by atoms with Crippen LogP contribution in [0.3, 0.4) is 0 Å². The molecule has 1 saturated heterocycles. The lowest BCUT2D eigenvalue weighted by molar-refractivity contribution is -0.131. The molecule has 1 atom stereocenters. The number of hydrogen-bond donors (Lipinski definition) is 1. The van der Waals surface area contributed by atoms with Crippen molar-refractivity contribution in [1.29, 1.82) is 0 Å². The molecule has 0 spiro atoms. The zero-order valence-electron chi connectivity index (χ0n) is 18.4. The average molecular weight is 488 g/mol. The number of nitrogens with zero attached hydrogens (tertiary/aromatic N) is 4. The number of halogens is 3. The van der Waals surface area contributed by atoms with Crippen LogP contribution in [0.5, 0.6) is 5.75 Å². The normalized spacial score (nSPS) is 18.3. The molecule has 8 nitrogen and oxygen atoms in total. The maximum atomic E-state index is 13.1. The van der Waals surface area contributed by atoms with Crippen molar-refractivity contribution in [3.63, 3.8) is 0 Å². The van der Waals surface area contributed by atoms with E-state index in [9.17, 15) is 18.4 Å². The van der Waals surface area contributed by atoms with E-state index in [2.05, 4.69) is 20.3 Å². The zero-order valence-corrected chi connectivity index (χ0v) is 19.2. The smallest absolute Gasteiger partial charge is 0.387 e. The monoisotopic (exact) mass is 487 g/mol. The number of carbonyl (C=O) groups excluding carboxylic acids is 2. The summed E-state index contributed by atoms with van der Waals surface area (Å²) in [6.45, 7) is 2.23. The number of alkyl halides is 2. The van der Waals surface area contributed by atoms with Gasteiger partial charge in [0.15, 0.2) is 0 Å². The lowest BCUT2D eigenvalue weighted by atomic mass is 9.92. The average Bonchev–Trinajstić information content (AvgIpc) is 3.19. The molecule has 3 amide bonds. The standard InChI is InChI=1S/C23H20ClF2N5O3/c1-13-4-8-16(9-5-13)30-19(24)18(14(2)29-30)12-27-31-20(32)23(3,28-22(31)33)15-6-10-17(11-7-15)34-21(25)26/h4-12,21H,1-3H3,(H,28,33). The summed E-state index contributed by atoms with van der Waals surface area (Å²) in [5.41, 5.74) is 1.78. The molecule has 1 aliphatic rings. The number of urea groups is 1. The Morgan fingerprint density at radius 3 is 2.38 bits per heavy atom. The number of benzene rings is 2. The largest absolute Gasteiger partial charge is 0.435 e. The first-order chi connectivity index (χ1) is 16.1. The van der Waals surface area contributed by atoms with Crippen molar-refractivity contribution in [2.45, 2.75) is 32.9 Å². The van der Waals surface area contributed by atoms with Gasteiger partial charge in [0.05, 0.1) is 23.2 Å². The first-order valence-corrected chi connectivity index (χ1v) is 10.6. The van der Waals surface area contributed by atoms with Crippen molar-refractivity contribution >= 4 is 29.8 Å². The van der Waals surface area contributed by atoms with Gasteiger partial charge in [-0.1, -0.05) is 41.4 Å². The minimum absolute atomic E-state index is 0.0651. The van der Waals surface area contributed by atoms with E-state index in [4.69, 9.17) is 11.6 Å². The Bertz CT molecular complexity index is 1280. The quantitative estimate of drug-likeness (QED) is 0.408. The van der Waals surface area contributed by atoms with Crippen LogP contribution in [0.15, 0.2) is 53.6 Å². The SMILES string of the molecule is Cc1ccc(-n2nc(C)c(C=NN3C(=O)NC(C)(c4ccc(OC(F)F)cc4)C3=O)c2Cl)cc1. The van der Waals surface area contributed by atoms with E-state index in [1.54, 1.807) is 6.92 Å². The third-order valence-corrected chi connectivity index (χ3v) is 5.82. The number of carbonyl (C=O) groups is 2. The molecule has 3 aromatic rings. The van der Waals surface area contributed by atoms with Crippen LogP contribution in [0.4, 0.5) is 13.6 Å². The Kier molecular flexibility index (Phi) is 6.09. The minimum Gasteiger partial charge on any atom is -0.435 e. The summed E-state index contributed by atoms with van der Waals surface area (Å²) >= 11 is 6.50. The number of aryl methyl sites for hydroxylation is 2. The van der Waals surface area contributed by atoms with Crippen LogP contribution in [0.1, 0.15) is 29.3 Å². The lowest BCUT2D eigenvalue weighted by Gasteiger charge is -2.21. The van der Waals surface area contributed by atoms with Crippen LogP contribution in [-0.4, -0.2) is 39.6 Å². The molecule has 1 aliphatic heterocycles. The summed E-state index contributed by atoms with van der Waals surface area (Å²) in [6, 6.07) is 12.3. The zero-order chi connectivity index (χ0) is 24.6. The van der Waals surface area contributed by atoms with Crippen LogP contribution in [0.2, 0.25) is 5.15 Å². The fraction of sp³-hybridized carbons (Fsp3) is 0.217. The van der Waals surface area contributed by atoms with Gasteiger partial charge in [-0.3, -0.25) is 4.79 Å². The third-order valence-electron chi connectivity index (χ3n) is 5.46. The fourth-order valence-corrected chi connectivity index (χ4v) is 3.85. The number of hydrazone groups is 1. The number of nitrogens with one attached hydrogen (secondary N) is 1. The van der Waals surface area contributed by atoms with Gasteiger partial charge in [0.1, 0.15) is 16.4 Å². The van der Waals surface area contributed by atoms with Gasteiger partial charge in [0.2, 0.25) is 0 Å². The number of hydrogen-bond acceptors (Lipinski definition) is 5. The highest BCUT2D eigenvalue weighted by Gasteiger charge is 2.49. The van der Waals surface area contributed by atoms with Gasteiger partial charge < -0.3 is 10.1 Å². The fourth-order valence-electron chi connectivity index (χ4n) is 3.52. The Balaban J connectivity index is 1.58. The van der Waals surface area contributed by atoms with Crippen LogP contribution < -0.4 is 10.1 Å². The van der Waals surface area contributed by atoms with Gasteiger partial charge in [0.25, 0.3) is 5.91 Å². The molecular formula is C23H20ClF2N5O3. The van der Waals surface area contributed by atoms with Crippen molar-refractivity contribution < 1.29 is 23.1 Å². The highest BCUT2D eigenvalue weighted by atomic mass is 35.5. The second-order valence-electron chi connectivity index (χ2n) is 7.86. The van der Waals surface area contributed by atoms with Gasteiger partial charge in [0, 0.05) is 0 Å². The summed E-state index contributed by atoms with van der Waals surface area (Å²) in [7, 11) is 0. The number of ether oxygens (including phenoxy) is 1. The Hall–Kier alpha value is -3.79. The highest BCUT2D eigenvalue weighted by Crippen LogP contribution is 2.31. The molecule has 34 heavy (non-hydrogen) atoms. The van der Waals surface area contributed by atoms with E-state index < -0.39 is 24.1 Å². The number of rotatable bonds is 6. The summed E-state index contributed by atoms with van der Waals surface area (Å²) in [5, 5.41) is 12.0. The van der Waals surface area contributed by atoms with Gasteiger partial charge in [-0.05, 0) is 50.6 Å². The predicted octanol–water partition coefficient (Wildman–Crippen LogP) is 4.55. The van der Waals surface area contributed by atoms with Crippen molar-refractivity contribution in [2.24, 2.45) is 5.10 Å². The minimum atomic E-state index is -2.97. The topological polar surface area (TPSA) is 88.8 Å². The predicted molar refractivity (Wildman–Crippen MR) is 121 cm³/mol. The van der Waals surface area contributed by atoms with Crippen LogP contribution >= 0.6 is 11.6 Å². The Morgan fingerprint density at radius 1 is 1.12 bits per heavy atom. The van der Waals surface area contributed by atoms with Crippen molar-refractivity contribution in [1.82, 2.24) is 20.1 Å². The Labute approximate surface area is 198 Å². The molecule has 1 unspecified atom stereocenters. The summed E-state index contributed by atoms with van der Waals surface area (Å²) < 4.78 is 30.6. The molecule has 1 aromatic heterocycles. The molecule has 1 fully saturated rings. The van der Waals surface area contributed by atoms with E-state index in [1.807, 2.05) is 31.2 Å². The molecule has 0 bridgehead atoms. The molecular weight excluding hydrogens is 468 g/mol. The first-order valence-electron chi connectivity index (χ1n) is 10.2. The molecule has 0 radical (unpaired) electrons. The summed E-state index contributed by atoms with van der Waals surface area (Å²) in [6.07, 6.45) is 1.30. The highest BCUT2D eigenvalue weighted by molar-refractivity contribution is 6.32. The molecule has 1 N–H and O–H groups in total. The second-order valence-corrected chi connectivity index (χ2v) is 8.21. The maximum absolute atomic E-state index is 13.1. The Morgan fingerprint density at radius 2 is 1.76 bits per heavy atom. The van der Waals surface area contributed by atoms with Gasteiger partial charge >= 0.3 is 12.6 Å². The van der Waals surface area contributed by atoms with Crippen molar-refractivity contribution in [3.05, 3.63) is 76.1 Å². The molecule has 0 aliphatic carbocycles. The maximum Gasteiger partial charge on any atom is 0.387 e. The summed E-state index contributed by atoms with van der Waals surface area (Å²) in [5.74, 6) is -0.708. The lowest BCUT2D eigenvalue weighted by Crippen LogP contribution is -2.40. The second kappa shape index (κ2) is 8.86. The van der Waals surface area contributed by atoms with Gasteiger partial charge in [-0.15, -0.1) is 5.01 Å². The molecule has 2 aromatic carbocycles. The van der Waals surface area contributed by atoms with Crippen molar-refractivity contribution in [2.75, 3.05) is 0 Å². The molecule has 176 valence electrons. The van der Waals surface area contributed by atoms with E-state index in [1.165, 1.54) is 42.1 Å². The van der Waals surface area contributed by atoms with E-state index in [0.717, 1.165) is 11.3 Å². The number of imide groups is 1. The van der Waals surface area contributed by atoms with Crippen LogP contribution in [0, 0.1) is 13.8 Å². The summed E-state index contributed by atoms with van der Waals surface area (Å²) in [4.78, 5) is 25.6. The van der Waals surface area contributed by atoms with Gasteiger partial charge in [-0.2, -0.15) is 19.0 Å². The van der Waals surface area contributed by atoms with Gasteiger partial charge in [-0.25, -0.2) is 9.48 Å². The molecule has 0 saturated carbocycles. The molecule has 2 heterocycles. The van der Waals surface area contributed by atoms with Crippen LogP contribution in [0.25, 0.3) is 5.69 Å². The third kappa shape index (κ3) is 4.24. The van der Waals surface area contributed by atoms with E-state index in [0.29, 0.717) is 21.8 Å².